The van der Waals surface area contributed by atoms with Crippen molar-refractivity contribution in [2.45, 2.75) is 0 Å². The molecule has 0 spiro atoms. The molecule has 134 valence electrons. The molecule has 0 atom stereocenters. The number of aromatic hydroxyl groups is 1. The Morgan fingerprint density at radius 2 is 1.85 bits per heavy atom. The van der Waals surface area contributed by atoms with Crippen molar-refractivity contribution in [2.75, 3.05) is 21.3 Å². The highest BCUT2D eigenvalue weighted by Gasteiger charge is 2.11. The maximum absolute atomic E-state index is 9.92. The van der Waals surface area contributed by atoms with Crippen LogP contribution in [0, 0.1) is 0 Å². The van der Waals surface area contributed by atoms with Crippen molar-refractivity contribution >= 4 is 17.6 Å². The minimum Gasteiger partial charge on any atom is -0.504 e. The summed E-state index contributed by atoms with van der Waals surface area (Å²) in [4.78, 5) is 5.04. The van der Waals surface area contributed by atoms with Gasteiger partial charge in [-0.2, -0.15) is 5.10 Å². The van der Waals surface area contributed by atoms with E-state index in [9.17, 15) is 5.11 Å². The van der Waals surface area contributed by atoms with Crippen molar-refractivity contribution in [1.29, 1.82) is 0 Å². The lowest BCUT2D eigenvalue weighted by Gasteiger charge is -2.08. The van der Waals surface area contributed by atoms with Gasteiger partial charge in [-0.05, 0) is 35.9 Å². The molecule has 1 aromatic heterocycles. The number of aromatic nitrogens is 1. The van der Waals surface area contributed by atoms with Gasteiger partial charge in [0.05, 0.1) is 26.1 Å². The number of hydrogen-bond donors (Lipinski definition) is 1. The molecule has 0 saturated carbocycles. The second-order valence-corrected chi connectivity index (χ2v) is 6.15. The van der Waals surface area contributed by atoms with Gasteiger partial charge in [-0.1, -0.05) is 12.1 Å². The van der Waals surface area contributed by atoms with Crippen LogP contribution in [0.25, 0.3) is 11.3 Å². The normalized spacial score (nSPS) is 11.9. The standard InChI is InChI=1S/C19H19N3O3S/c1-20-19-22(21-11-13-8-9-18(25-3)16(23)10-13)15(12-26-19)14-6-4-5-7-17(14)24-2/h4-12,23H,1-3H3. The molecule has 0 bridgehead atoms. The van der Waals surface area contributed by atoms with E-state index in [0.29, 0.717) is 5.75 Å². The van der Waals surface area contributed by atoms with Gasteiger partial charge < -0.3 is 14.6 Å². The molecule has 6 nitrogen and oxygen atoms in total. The Balaban J connectivity index is 2.05. The summed E-state index contributed by atoms with van der Waals surface area (Å²) < 4.78 is 12.3. The monoisotopic (exact) mass is 369 g/mol. The Labute approximate surface area is 155 Å². The summed E-state index contributed by atoms with van der Waals surface area (Å²) in [6, 6.07) is 12.9. The zero-order chi connectivity index (χ0) is 18.5. The number of benzene rings is 2. The quantitative estimate of drug-likeness (QED) is 0.701. The van der Waals surface area contributed by atoms with Crippen LogP contribution in [0.1, 0.15) is 5.56 Å². The van der Waals surface area contributed by atoms with Crippen LogP contribution in [0.2, 0.25) is 0 Å². The first-order valence-electron chi connectivity index (χ1n) is 7.86. The first-order chi connectivity index (χ1) is 12.7. The maximum Gasteiger partial charge on any atom is 0.205 e. The van der Waals surface area contributed by atoms with E-state index in [1.165, 1.54) is 18.4 Å². The number of methoxy groups -OCH3 is 2. The summed E-state index contributed by atoms with van der Waals surface area (Å²) >= 11 is 1.49. The molecule has 0 unspecified atom stereocenters. The van der Waals surface area contributed by atoms with Crippen LogP contribution in [0.15, 0.2) is 57.9 Å². The van der Waals surface area contributed by atoms with E-state index >= 15 is 0 Å². The lowest BCUT2D eigenvalue weighted by Crippen LogP contribution is -2.11. The van der Waals surface area contributed by atoms with E-state index in [0.717, 1.165) is 27.4 Å². The van der Waals surface area contributed by atoms with Gasteiger partial charge in [-0.15, -0.1) is 11.3 Å². The number of phenolic OH excluding ortho intramolecular Hbond substituents is 1. The molecule has 0 aliphatic rings. The fourth-order valence-corrected chi connectivity index (χ4v) is 3.31. The lowest BCUT2D eigenvalue weighted by atomic mass is 10.1. The van der Waals surface area contributed by atoms with Gasteiger partial charge >= 0.3 is 0 Å². The van der Waals surface area contributed by atoms with Crippen LogP contribution in [-0.4, -0.2) is 37.3 Å². The zero-order valence-corrected chi connectivity index (χ0v) is 15.5. The van der Waals surface area contributed by atoms with Gasteiger partial charge in [0.1, 0.15) is 5.75 Å². The highest BCUT2D eigenvalue weighted by Crippen LogP contribution is 2.30. The highest BCUT2D eigenvalue weighted by molar-refractivity contribution is 7.07. The molecule has 1 heterocycles. The number of rotatable bonds is 5. The van der Waals surface area contributed by atoms with Crippen LogP contribution in [0.4, 0.5) is 0 Å². The molecule has 0 fully saturated rings. The van der Waals surface area contributed by atoms with Crippen LogP contribution in [-0.2, 0) is 0 Å². The SMILES string of the molecule is CN=c1scc(-c2ccccc2OC)n1N=Cc1ccc(OC)c(O)c1. The van der Waals surface area contributed by atoms with Crippen molar-refractivity contribution in [3.8, 4) is 28.5 Å². The predicted octanol–water partition coefficient (Wildman–Crippen LogP) is 3.35. The average molecular weight is 369 g/mol. The molecular weight excluding hydrogens is 350 g/mol. The molecule has 26 heavy (non-hydrogen) atoms. The zero-order valence-electron chi connectivity index (χ0n) is 14.7. The number of para-hydroxylation sites is 1. The van der Waals surface area contributed by atoms with Gasteiger partial charge in [0.2, 0.25) is 4.80 Å². The van der Waals surface area contributed by atoms with E-state index in [1.807, 2.05) is 35.7 Å². The Hall–Kier alpha value is -3.06. The topological polar surface area (TPSA) is 68.3 Å². The molecule has 0 radical (unpaired) electrons. The van der Waals surface area contributed by atoms with Gasteiger partial charge in [0, 0.05) is 18.0 Å². The minimum atomic E-state index is 0.0668. The first kappa shape index (κ1) is 17.8. The lowest BCUT2D eigenvalue weighted by molar-refractivity contribution is 0.373. The van der Waals surface area contributed by atoms with E-state index in [4.69, 9.17) is 9.47 Å². The summed E-state index contributed by atoms with van der Waals surface area (Å²) in [5.41, 5.74) is 2.55. The second-order valence-electron chi connectivity index (χ2n) is 5.32. The van der Waals surface area contributed by atoms with Crippen LogP contribution < -0.4 is 14.3 Å². The summed E-state index contributed by atoms with van der Waals surface area (Å²) in [6.45, 7) is 0. The van der Waals surface area contributed by atoms with Gasteiger partial charge in [-0.25, -0.2) is 4.68 Å². The largest absolute Gasteiger partial charge is 0.504 e. The molecule has 0 aliphatic carbocycles. The highest BCUT2D eigenvalue weighted by atomic mass is 32.1. The Kier molecular flexibility index (Phi) is 5.38. The molecule has 2 aromatic carbocycles. The van der Waals surface area contributed by atoms with Crippen molar-refractivity contribution in [3.63, 3.8) is 0 Å². The number of thiazole rings is 1. The molecule has 0 saturated heterocycles. The fourth-order valence-electron chi connectivity index (χ4n) is 2.52. The number of ether oxygens (including phenoxy) is 2. The third-order valence-electron chi connectivity index (χ3n) is 3.78. The van der Waals surface area contributed by atoms with E-state index in [2.05, 4.69) is 10.1 Å². The van der Waals surface area contributed by atoms with Crippen LogP contribution in [0.3, 0.4) is 0 Å². The number of nitrogens with zero attached hydrogens (tertiary/aromatic N) is 3. The van der Waals surface area contributed by atoms with E-state index < -0.39 is 0 Å². The van der Waals surface area contributed by atoms with Crippen LogP contribution >= 0.6 is 11.3 Å². The maximum atomic E-state index is 9.92. The average Bonchev–Trinajstić information content (AvgIpc) is 3.09. The molecular formula is C19H19N3O3S. The third-order valence-corrected chi connectivity index (χ3v) is 4.69. The summed E-state index contributed by atoms with van der Waals surface area (Å²) in [7, 11) is 4.88. The summed E-state index contributed by atoms with van der Waals surface area (Å²) in [6.07, 6.45) is 1.67. The van der Waals surface area contributed by atoms with Gasteiger partial charge in [0.15, 0.2) is 11.5 Å². The second kappa shape index (κ2) is 7.88. The minimum absolute atomic E-state index is 0.0668. The smallest absolute Gasteiger partial charge is 0.205 e. The van der Waals surface area contributed by atoms with E-state index in [1.54, 1.807) is 37.2 Å². The molecule has 7 heteroatoms. The Bertz CT molecular complexity index is 1010. The molecule has 3 aromatic rings. The number of hydrogen-bond acceptors (Lipinski definition) is 6. The first-order valence-corrected chi connectivity index (χ1v) is 8.74. The summed E-state index contributed by atoms with van der Waals surface area (Å²) in [5.74, 6) is 1.25. The predicted molar refractivity (Wildman–Crippen MR) is 103 cm³/mol. The van der Waals surface area contributed by atoms with Gasteiger partial charge in [0.25, 0.3) is 0 Å². The third kappa shape index (κ3) is 3.48. The summed E-state index contributed by atoms with van der Waals surface area (Å²) in [5, 5.41) is 16.5. The van der Waals surface area contributed by atoms with Crippen molar-refractivity contribution in [1.82, 2.24) is 4.68 Å². The molecule has 0 aliphatic heterocycles. The van der Waals surface area contributed by atoms with Crippen molar-refractivity contribution in [2.24, 2.45) is 10.1 Å². The Morgan fingerprint density at radius 1 is 1.08 bits per heavy atom. The van der Waals surface area contributed by atoms with Gasteiger partial charge in [-0.3, -0.25) is 4.99 Å². The van der Waals surface area contributed by atoms with Crippen LogP contribution in [0.5, 0.6) is 17.2 Å². The molecule has 3 rings (SSSR count). The number of phenols is 1. The van der Waals surface area contributed by atoms with Crippen molar-refractivity contribution < 1.29 is 14.6 Å². The molecule has 1 N–H and O–H groups in total. The Morgan fingerprint density at radius 3 is 2.54 bits per heavy atom. The van der Waals surface area contributed by atoms with E-state index in [-0.39, 0.29) is 5.75 Å². The van der Waals surface area contributed by atoms with Crippen molar-refractivity contribution in [3.05, 3.63) is 58.2 Å². The molecule has 0 amide bonds. The fraction of sp³-hybridized carbons (Fsp3) is 0.158.